The van der Waals surface area contributed by atoms with E-state index in [2.05, 4.69) is 18.3 Å². The summed E-state index contributed by atoms with van der Waals surface area (Å²) in [5.41, 5.74) is 0. The Morgan fingerprint density at radius 3 is 3.10 bits per heavy atom. The van der Waals surface area contributed by atoms with E-state index in [1.165, 1.54) is 4.88 Å². The van der Waals surface area contributed by atoms with Crippen molar-refractivity contribution in [2.75, 3.05) is 19.8 Å². The number of aliphatic hydroxyl groups is 1. The number of hydrogen-bond acceptors (Lipinski definition) is 4. The zero-order valence-electron chi connectivity index (χ0n) is 12.0. The van der Waals surface area contributed by atoms with Crippen LogP contribution in [0.15, 0.2) is 12.1 Å². The molecule has 2 heterocycles. The Hall–Kier alpha value is -1.11. The van der Waals surface area contributed by atoms with Crippen LogP contribution in [0.3, 0.4) is 0 Å². The molecule has 6 heteroatoms. The Kier molecular flexibility index (Phi) is 5.39. The van der Waals surface area contributed by atoms with Crippen molar-refractivity contribution in [1.82, 2.24) is 10.2 Å². The zero-order valence-corrected chi connectivity index (χ0v) is 12.8. The maximum Gasteiger partial charge on any atom is 0.318 e. The normalized spacial score (nSPS) is 20.8. The molecule has 2 unspecified atom stereocenters. The summed E-state index contributed by atoms with van der Waals surface area (Å²) in [6, 6.07) is 3.96. The molecule has 112 valence electrons. The summed E-state index contributed by atoms with van der Waals surface area (Å²) in [5, 5.41) is 12.4. The molecule has 0 aliphatic carbocycles. The van der Waals surface area contributed by atoms with Crippen molar-refractivity contribution in [2.24, 2.45) is 0 Å². The number of amides is 2. The van der Waals surface area contributed by atoms with Crippen molar-refractivity contribution >= 4 is 17.4 Å². The molecule has 1 aromatic heterocycles. The first-order chi connectivity index (χ1) is 9.56. The van der Waals surface area contributed by atoms with Crippen LogP contribution < -0.4 is 5.32 Å². The van der Waals surface area contributed by atoms with Crippen LogP contribution in [0.2, 0.25) is 0 Å². The molecule has 0 bridgehead atoms. The van der Waals surface area contributed by atoms with Crippen molar-refractivity contribution in [3.63, 3.8) is 0 Å². The fourth-order valence-electron chi connectivity index (χ4n) is 2.36. The number of nitrogens with one attached hydrogen (secondary N) is 1. The number of hydrogen-bond donors (Lipinski definition) is 2. The summed E-state index contributed by atoms with van der Waals surface area (Å²) < 4.78 is 5.40. The largest absolute Gasteiger partial charge is 0.393 e. The van der Waals surface area contributed by atoms with Crippen LogP contribution in [0.25, 0.3) is 0 Å². The van der Waals surface area contributed by atoms with E-state index < -0.39 is 6.10 Å². The summed E-state index contributed by atoms with van der Waals surface area (Å²) >= 11 is 1.69. The molecule has 5 nitrogen and oxygen atoms in total. The summed E-state index contributed by atoms with van der Waals surface area (Å²) in [6.07, 6.45) is 0.114. The van der Waals surface area contributed by atoms with Gasteiger partial charge in [-0.25, -0.2) is 4.79 Å². The number of carbonyl (C=O) groups excluding carboxylic acids is 1. The van der Waals surface area contributed by atoms with Gasteiger partial charge in [0.25, 0.3) is 0 Å². The molecule has 2 amide bonds. The molecule has 1 aliphatic heterocycles. The first kappa shape index (κ1) is 15.3. The number of urea groups is 1. The van der Waals surface area contributed by atoms with E-state index in [0.717, 1.165) is 4.88 Å². The minimum absolute atomic E-state index is 0.0474. The molecule has 0 radical (unpaired) electrons. The molecule has 0 spiro atoms. The molecule has 0 saturated carbocycles. The van der Waals surface area contributed by atoms with E-state index in [-0.39, 0.29) is 12.1 Å². The molecular weight excluding hydrogens is 276 g/mol. The lowest BCUT2D eigenvalue weighted by atomic mass is 10.1. The summed E-state index contributed by atoms with van der Waals surface area (Å²) in [7, 11) is 0. The molecule has 1 aliphatic rings. The van der Waals surface area contributed by atoms with Crippen molar-refractivity contribution < 1.29 is 14.6 Å². The van der Waals surface area contributed by atoms with Gasteiger partial charge in [0.1, 0.15) is 0 Å². The van der Waals surface area contributed by atoms with E-state index >= 15 is 0 Å². The zero-order chi connectivity index (χ0) is 14.5. The maximum absolute atomic E-state index is 12.3. The second-order valence-electron chi connectivity index (χ2n) is 5.18. The molecule has 2 atom stereocenters. The van der Waals surface area contributed by atoms with E-state index in [9.17, 15) is 9.90 Å². The van der Waals surface area contributed by atoms with Gasteiger partial charge in [-0.3, -0.25) is 0 Å². The third kappa shape index (κ3) is 4.19. The number of aliphatic hydroxyl groups excluding tert-OH is 1. The third-order valence-electron chi connectivity index (χ3n) is 3.31. The van der Waals surface area contributed by atoms with E-state index in [1.807, 2.05) is 6.07 Å². The maximum atomic E-state index is 12.3. The van der Waals surface area contributed by atoms with E-state index in [0.29, 0.717) is 32.7 Å². The average molecular weight is 298 g/mol. The van der Waals surface area contributed by atoms with Gasteiger partial charge >= 0.3 is 6.03 Å². The molecular formula is C14H22N2O3S. The fourth-order valence-corrected chi connectivity index (χ4v) is 3.19. The molecule has 1 aromatic rings. The summed E-state index contributed by atoms with van der Waals surface area (Å²) in [5.74, 6) is 0. The lowest BCUT2D eigenvalue weighted by Crippen LogP contribution is -2.53. The first-order valence-corrected chi connectivity index (χ1v) is 7.73. The van der Waals surface area contributed by atoms with Crippen molar-refractivity contribution in [1.29, 1.82) is 0 Å². The predicted molar refractivity (Wildman–Crippen MR) is 78.9 cm³/mol. The molecule has 2 rings (SSSR count). The smallest absolute Gasteiger partial charge is 0.318 e. The minimum Gasteiger partial charge on any atom is -0.393 e. The number of aryl methyl sites for hydroxylation is 1. The number of morpholine rings is 1. The fraction of sp³-hybridized carbons (Fsp3) is 0.643. The van der Waals surface area contributed by atoms with Crippen LogP contribution >= 0.6 is 11.3 Å². The van der Waals surface area contributed by atoms with Gasteiger partial charge in [0.2, 0.25) is 0 Å². The van der Waals surface area contributed by atoms with Crippen LogP contribution in [0, 0.1) is 6.92 Å². The Bertz CT molecular complexity index is 447. The van der Waals surface area contributed by atoms with E-state index in [4.69, 9.17) is 4.74 Å². The van der Waals surface area contributed by atoms with Gasteiger partial charge in [-0.1, -0.05) is 0 Å². The van der Waals surface area contributed by atoms with Crippen LogP contribution in [0.1, 0.15) is 23.1 Å². The Labute approximate surface area is 123 Å². The van der Waals surface area contributed by atoms with Gasteiger partial charge in [0.15, 0.2) is 0 Å². The highest BCUT2D eigenvalue weighted by Gasteiger charge is 2.28. The lowest BCUT2D eigenvalue weighted by Gasteiger charge is -2.36. The van der Waals surface area contributed by atoms with Crippen molar-refractivity contribution in [3.05, 3.63) is 21.9 Å². The quantitative estimate of drug-likeness (QED) is 0.890. The average Bonchev–Trinajstić information content (AvgIpc) is 2.82. The van der Waals surface area contributed by atoms with Crippen LogP contribution in [-0.4, -0.2) is 47.9 Å². The highest BCUT2D eigenvalue weighted by molar-refractivity contribution is 7.11. The second kappa shape index (κ2) is 7.06. The number of nitrogens with zero attached hydrogens (tertiary/aromatic N) is 1. The molecule has 2 N–H and O–H groups in total. The van der Waals surface area contributed by atoms with Gasteiger partial charge < -0.3 is 20.1 Å². The Balaban J connectivity index is 1.88. The monoisotopic (exact) mass is 298 g/mol. The number of ether oxygens (including phenoxy) is 1. The topological polar surface area (TPSA) is 61.8 Å². The Morgan fingerprint density at radius 2 is 2.45 bits per heavy atom. The standard InChI is InChI=1S/C14H22N2O3S/c1-10(17)7-12-9-19-6-5-16(12)14(18)15-8-13-4-3-11(2)20-13/h3-4,10,12,17H,5-9H2,1-2H3,(H,15,18). The first-order valence-electron chi connectivity index (χ1n) is 6.92. The molecule has 1 saturated heterocycles. The van der Waals surface area contributed by atoms with Crippen LogP contribution in [-0.2, 0) is 11.3 Å². The number of rotatable bonds is 4. The highest BCUT2D eigenvalue weighted by Crippen LogP contribution is 2.16. The van der Waals surface area contributed by atoms with Gasteiger partial charge in [0, 0.05) is 16.3 Å². The molecule has 1 fully saturated rings. The minimum atomic E-state index is -0.433. The highest BCUT2D eigenvalue weighted by atomic mass is 32.1. The predicted octanol–water partition coefficient (Wildman–Crippen LogP) is 1.74. The SMILES string of the molecule is Cc1ccc(CNC(=O)N2CCOCC2CC(C)O)s1. The summed E-state index contributed by atoms with van der Waals surface area (Å²) in [4.78, 5) is 16.4. The summed E-state index contributed by atoms with van der Waals surface area (Å²) in [6.45, 7) is 5.97. The number of thiophene rings is 1. The van der Waals surface area contributed by atoms with Crippen molar-refractivity contribution in [3.8, 4) is 0 Å². The van der Waals surface area contributed by atoms with Crippen molar-refractivity contribution in [2.45, 2.75) is 39.0 Å². The van der Waals surface area contributed by atoms with Gasteiger partial charge in [0.05, 0.1) is 31.9 Å². The third-order valence-corrected chi connectivity index (χ3v) is 4.31. The van der Waals surface area contributed by atoms with Gasteiger partial charge in [-0.05, 0) is 32.4 Å². The Morgan fingerprint density at radius 1 is 1.65 bits per heavy atom. The molecule has 20 heavy (non-hydrogen) atoms. The van der Waals surface area contributed by atoms with Crippen LogP contribution in [0.4, 0.5) is 4.79 Å². The number of carbonyl (C=O) groups is 1. The van der Waals surface area contributed by atoms with Gasteiger partial charge in [-0.2, -0.15) is 0 Å². The second-order valence-corrected chi connectivity index (χ2v) is 6.55. The van der Waals surface area contributed by atoms with Gasteiger partial charge in [-0.15, -0.1) is 11.3 Å². The van der Waals surface area contributed by atoms with Crippen LogP contribution in [0.5, 0.6) is 0 Å². The molecule has 0 aromatic carbocycles. The lowest BCUT2D eigenvalue weighted by molar-refractivity contribution is -0.00436. The van der Waals surface area contributed by atoms with E-state index in [1.54, 1.807) is 23.2 Å².